The molecule has 6 heteroatoms. The van der Waals surface area contributed by atoms with Gasteiger partial charge in [0.2, 0.25) is 0 Å². The van der Waals surface area contributed by atoms with Gasteiger partial charge in [0.15, 0.2) is 0 Å². The molecule has 462 valence electrons. The molecule has 0 fully saturated rings. The summed E-state index contributed by atoms with van der Waals surface area (Å²) in [6.07, 6.45) is 1.81. The summed E-state index contributed by atoms with van der Waals surface area (Å²) in [7, 11) is 0. The summed E-state index contributed by atoms with van der Waals surface area (Å²) in [5.41, 5.74) is 13.0. The van der Waals surface area contributed by atoms with Crippen LogP contribution in [0, 0.1) is 0 Å². The van der Waals surface area contributed by atoms with E-state index in [9.17, 15) is 5.48 Å². The molecule has 0 spiro atoms. The van der Waals surface area contributed by atoms with E-state index in [1.165, 1.54) is 22.3 Å². The highest BCUT2D eigenvalue weighted by atomic mass is 16.5. The molecule has 0 radical (unpaired) electrons. The third-order valence-electron chi connectivity index (χ3n) is 17.7. The molecular weight excluding hydrogens is 1120 g/mol. The number of para-hydroxylation sites is 4. The molecule has 12 aromatic rings. The molecule has 0 bridgehead atoms. The van der Waals surface area contributed by atoms with Crippen LogP contribution in [-0.2, 0) is 27.1 Å². The van der Waals surface area contributed by atoms with Crippen molar-refractivity contribution < 1.29 is 23.2 Å². The molecule has 2 aromatic heterocycles. The van der Waals surface area contributed by atoms with E-state index in [1.807, 2.05) is 111 Å². The standard InChI is InChI=1S/C86H86N4O2/c1-82(2,3)60-44-58(45-61(48-60)83(4,5)6)69-35-27-36-70(59-46-62(84(7,8)9)49-63(47-59)85(10,11)12)81(69)92-68-42-43-87-79(54-68)90-75-37-23-22-34-71(75)72-41-40-67(53-78(72)90)91-66-33-26-32-65(52-66)88-55-89(77-39-25-24-38-76(77)88)80-73(56-28-18-16-19-29-56)50-64(86(13,14)15)51-74(80)57-30-20-17-21-31-57/h16-54H,55H2,1-15H3/i16D,17D,18D,19D,20D,21D,28D,29D,30D,31D. The molecule has 0 aliphatic carbocycles. The maximum atomic E-state index is 9.38. The van der Waals surface area contributed by atoms with Gasteiger partial charge in [0, 0.05) is 63.1 Å². The largest absolute Gasteiger partial charge is 0.457 e. The Kier molecular flexibility index (Phi) is 12.6. The van der Waals surface area contributed by atoms with E-state index in [-0.39, 0.29) is 50.6 Å². The van der Waals surface area contributed by atoms with Gasteiger partial charge in [0.1, 0.15) is 35.5 Å². The molecule has 0 amide bonds. The van der Waals surface area contributed by atoms with Crippen molar-refractivity contribution in [2.45, 2.75) is 131 Å². The van der Waals surface area contributed by atoms with Crippen molar-refractivity contribution in [3.05, 3.63) is 264 Å². The van der Waals surface area contributed by atoms with E-state index >= 15 is 0 Å². The normalized spacial score (nSPS) is 14.6. The first kappa shape index (κ1) is 50.0. The number of fused-ring (bicyclic) bond motifs is 4. The lowest BCUT2D eigenvalue weighted by Crippen LogP contribution is -2.25. The van der Waals surface area contributed by atoms with Crippen molar-refractivity contribution in [1.29, 1.82) is 0 Å². The molecule has 0 saturated carbocycles. The zero-order valence-electron chi connectivity index (χ0n) is 65.6. The van der Waals surface area contributed by atoms with Crippen molar-refractivity contribution in [3.63, 3.8) is 0 Å². The molecule has 1 aliphatic heterocycles. The minimum absolute atomic E-state index is 0.0781. The Morgan fingerprint density at radius 2 is 0.837 bits per heavy atom. The minimum atomic E-state index is -0.635. The van der Waals surface area contributed by atoms with Crippen LogP contribution in [0.25, 0.3) is 72.1 Å². The predicted octanol–water partition coefficient (Wildman–Crippen LogP) is 24.2. The van der Waals surface area contributed by atoms with Crippen LogP contribution in [0.5, 0.6) is 23.0 Å². The summed E-state index contributed by atoms with van der Waals surface area (Å²) in [6.45, 7) is 33.2. The maximum absolute atomic E-state index is 9.38. The number of ether oxygens (including phenoxy) is 2. The van der Waals surface area contributed by atoms with Gasteiger partial charge in [0.25, 0.3) is 0 Å². The van der Waals surface area contributed by atoms with Gasteiger partial charge in [-0.25, -0.2) is 4.98 Å². The van der Waals surface area contributed by atoms with Gasteiger partial charge in [-0.2, -0.15) is 0 Å². The maximum Gasteiger partial charge on any atom is 0.143 e. The van der Waals surface area contributed by atoms with Crippen molar-refractivity contribution in [2.24, 2.45) is 0 Å². The third kappa shape index (κ3) is 12.0. The minimum Gasteiger partial charge on any atom is -0.457 e. The lowest BCUT2D eigenvalue weighted by atomic mass is 9.78. The Bertz CT molecular complexity index is 5080. The van der Waals surface area contributed by atoms with Crippen molar-refractivity contribution >= 4 is 44.6 Å². The van der Waals surface area contributed by atoms with E-state index in [4.69, 9.17) is 22.7 Å². The van der Waals surface area contributed by atoms with Crippen molar-refractivity contribution in [3.8, 4) is 73.3 Å². The van der Waals surface area contributed by atoms with Gasteiger partial charge in [0.05, 0.1) is 41.8 Å². The second kappa shape index (κ2) is 23.2. The van der Waals surface area contributed by atoms with E-state index in [0.717, 1.165) is 61.2 Å². The quantitative estimate of drug-likeness (QED) is 0.129. The van der Waals surface area contributed by atoms with Crippen molar-refractivity contribution in [1.82, 2.24) is 9.55 Å². The number of pyridine rings is 1. The SMILES string of the molecule is [2H]c1c([2H])c([2H])c(-c2cc(C(C)(C)C)cc(-c3c([2H])c([2H])c([2H])c([2H])c3[2H])c2N2CN(c3cccc(Oc4ccc5c6ccccc6n(-c6cc(Oc7c(-c8cc(C(C)(C)C)cc(C(C)(C)C)c8)cccc7-c7cc(C(C)(C)C)cc(C(C)(C)C)c7)ccn6)c5c4)c3)c3ccccc32)c([2H])c1[2H]. The summed E-state index contributed by atoms with van der Waals surface area (Å²) >= 11 is 0. The number of hydrogen-bond donors (Lipinski definition) is 0. The number of rotatable bonds is 11. The van der Waals surface area contributed by atoms with Crippen LogP contribution >= 0.6 is 0 Å². The summed E-state index contributed by atoms with van der Waals surface area (Å²) in [5.74, 6) is 3.06. The van der Waals surface area contributed by atoms with Gasteiger partial charge in [-0.1, -0.05) is 255 Å². The summed E-state index contributed by atoms with van der Waals surface area (Å²) in [6, 6.07) is 52.8. The van der Waals surface area contributed by atoms with Crippen LogP contribution in [-0.4, -0.2) is 16.2 Å². The second-order valence-electron chi connectivity index (χ2n) is 29.5. The Morgan fingerprint density at radius 1 is 0.370 bits per heavy atom. The fourth-order valence-electron chi connectivity index (χ4n) is 12.3. The average molecular weight is 1220 g/mol. The Balaban J connectivity index is 0.915. The van der Waals surface area contributed by atoms with Crippen LogP contribution in [0.15, 0.2) is 236 Å². The lowest BCUT2D eigenvalue weighted by Gasteiger charge is -2.30. The van der Waals surface area contributed by atoms with Gasteiger partial charge >= 0.3 is 0 Å². The zero-order chi connectivity index (χ0) is 73.4. The zero-order valence-corrected chi connectivity index (χ0v) is 55.6. The summed E-state index contributed by atoms with van der Waals surface area (Å²) < 4.78 is 107. The van der Waals surface area contributed by atoms with Crippen LogP contribution in [0.3, 0.4) is 0 Å². The van der Waals surface area contributed by atoms with Crippen LogP contribution < -0.4 is 19.3 Å². The Labute approximate surface area is 559 Å². The van der Waals surface area contributed by atoms with E-state index in [1.54, 1.807) is 18.3 Å². The fraction of sp³-hybridized carbons (Fsp3) is 0.244. The van der Waals surface area contributed by atoms with E-state index < -0.39 is 65.8 Å². The number of benzene rings is 10. The molecule has 10 aromatic carbocycles. The molecule has 0 saturated heterocycles. The lowest BCUT2D eigenvalue weighted by molar-refractivity contribution is 0.483. The van der Waals surface area contributed by atoms with Crippen LogP contribution in [0.2, 0.25) is 0 Å². The fourth-order valence-corrected chi connectivity index (χ4v) is 12.3. The molecule has 3 heterocycles. The molecule has 92 heavy (non-hydrogen) atoms. The monoisotopic (exact) mass is 1220 g/mol. The number of hydrogen-bond acceptors (Lipinski definition) is 5. The van der Waals surface area contributed by atoms with Crippen LogP contribution in [0.4, 0.5) is 22.7 Å². The molecule has 0 N–H and O–H groups in total. The first-order valence-electron chi connectivity index (χ1n) is 36.8. The molecule has 1 aliphatic rings. The van der Waals surface area contributed by atoms with Crippen molar-refractivity contribution in [2.75, 3.05) is 16.5 Å². The van der Waals surface area contributed by atoms with Gasteiger partial charge in [-0.3, -0.25) is 4.57 Å². The van der Waals surface area contributed by atoms with Gasteiger partial charge in [-0.05, 0) is 138 Å². The Hall–Kier alpha value is -9.65. The second-order valence-corrected chi connectivity index (χ2v) is 29.5. The highest BCUT2D eigenvalue weighted by Crippen LogP contribution is 2.53. The molecule has 0 unspecified atom stereocenters. The predicted molar refractivity (Wildman–Crippen MR) is 389 cm³/mol. The molecular formula is C86H86N4O2. The third-order valence-corrected chi connectivity index (χ3v) is 17.7. The number of aromatic nitrogens is 2. The van der Waals surface area contributed by atoms with Crippen LogP contribution in [0.1, 0.15) is 145 Å². The summed E-state index contributed by atoms with van der Waals surface area (Å²) in [5, 5.41) is 2.02. The molecule has 13 rings (SSSR count). The molecule has 6 nitrogen and oxygen atoms in total. The number of nitrogens with zero attached hydrogens (tertiary/aromatic N) is 4. The van der Waals surface area contributed by atoms with Gasteiger partial charge in [-0.15, -0.1) is 0 Å². The highest BCUT2D eigenvalue weighted by Gasteiger charge is 2.34. The first-order valence-corrected chi connectivity index (χ1v) is 31.8. The highest BCUT2D eigenvalue weighted by molar-refractivity contribution is 6.09. The summed E-state index contributed by atoms with van der Waals surface area (Å²) in [4.78, 5) is 9.10. The first-order chi connectivity index (χ1) is 47.9. The average Bonchev–Trinajstić information content (AvgIpc) is 1.30. The Morgan fingerprint density at radius 3 is 1.38 bits per heavy atom. The smallest absolute Gasteiger partial charge is 0.143 e. The van der Waals surface area contributed by atoms with Gasteiger partial charge < -0.3 is 19.3 Å². The van der Waals surface area contributed by atoms with E-state index in [0.29, 0.717) is 40.0 Å². The topological polar surface area (TPSA) is 42.8 Å². The number of anilines is 4. The molecule has 0 atom stereocenters. The van der Waals surface area contributed by atoms with E-state index in [2.05, 4.69) is 165 Å².